The Balaban J connectivity index is 2.01. The molecule has 0 radical (unpaired) electrons. The number of rotatable bonds is 4. The minimum absolute atomic E-state index is 0.0446. The normalized spacial score (nSPS) is 19.6. The molecule has 25 heavy (non-hydrogen) atoms. The van der Waals surface area contributed by atoms with Crippen molar-refractivity contribution < 1.29 is 15.0 Å². The van der Waals surface area contributed by atoms with Gasteiger partial charge in [-0.3, -0.25) is 4.79 Å². The van der Waals surface area contributed by atoms with Crippen LogP contribution in [0.4, 0.5) is 0 Å². The summed E-state index contributed by atoms with van der Waals surface area (Å²) in [5, 5.41) is 28.8. The van der Waals surface area contributed by atoms with Crippen LogP contribution in [0, 0.1) is 16.7 Å². The molecule has 0 amide bonds. The van der Waals surface area contributed by atoms with Crippen molar-refractivity contribution in [3.05, 3.63) is 40.5 Å². The third-order valence-corrected chi connectivity index (χ3v) is 5.63. The SMILES string of the molecule is CCc1ccc2c(c1)C(N1CCC(CO)(CO)CC1)=C(C#N)C(=O)C2. The topological polar surface area (TPSA) is 84.6 Å². The number of aliphatic hydroxyl groups excluding tert-OH is 2. The summed E-state index contributed by atoms with van der Waals surface area (Å²) in [6, 6.07) is 8.25. The Labute approximate surface area is 148 Å². The highest BCUT2D eigenvalue weighted by molar-refractivity contribution is 6.09. The molecule has 0 spiro atoms. The summed E-state index contributed by atoms with van der Waals surface area (Å²) in [5.41, 5.74) is 3.64. The van der Waals surface area contributed by atoms with E-state index in [-0.39, 0.29) is 31.0 Å². The second-order valence-corrected chi connectivity index (χ2v) is 7.08. The van der Waals surface area contributed by atoms with E-state index in [9.17, 15) is 20.3 Å². The van der Waals surface area contributed by atoms with E-state index in [1.54, 1.807) is 0 Å². The molecule has 2 aliphatic rings. The van der Waals surface area contributed by atoms with Crippen molar-refractivity contribution in [2.24, 2.45) is 5.41 Å². The number of nitriles is 1. The molecule has 0 saturated carbocycles. The second kappa shape index (κ2) is 6.99. The average molecular weight is 340 g/mol. The highest BCUT2D eigenvalue weighted by Crippen LogP contribution is 2.38. The van der Waals surface area contributed by atoms with Gasteiger partial charge in [0.1, 0.15) is 11.6 Å². The predicted octanol–water partition coefficient (Wildman–Crippen LogP) is 1.68. The Bertz CT molecular complexity index is 747. The standard InChI is InChI=1S/C20H24N2O3/c1-2-14-3-4-15-10-18(25)17(11-21)19(16(15)9-14)22-7-5-20(12-23,13-24)6-8-22/h3-4,9,23-24H,2,5-8,10,12-13H2,1H3. The third kappa shape index (κ3) is 3.08. The first-order chi connectivity index (χ1) is 12.1. The molecule has 0 bridgehead atoms. The number of aryl methyl sites for hydroxylation is 1. The maximum absolute atomic E-state index is 12.4. The molecular formula is C20H24N2O3. The lowest BCUT2D eigenvalue weighted by Gasteiger charge is -2.42. The predicted molar refractivity (Wildman–Crippen MR) is 94.5 cm³/mol. The summed E-state index contributed by atoms with van der Waals surface area (Å²) < 4.78 is 0. The molecule has 132 valence electrons. The first kappa shape index (κ1) is 17.7. The van der Waals surface area contributed by atoms with E-state index in [0.717, 1.165) is 23.2 Å². The van der Waals surface area contributed by atoms with Crippen LogP contribution in [0.2, 0.25) is 0 Å². The molecule has 0 atom stereocenters. The number of carbonyl (C=O) groups is 1. The summed E-state index contributed by atoms with van der Waals surface area (Å²) in [7, 11) is 0. The molecule has 1 aromatic rings. The largest absolute Gasteiger partial charge is 0.396 e. The van der Waals surface area contributed by atoms with Crippen LogP contribution in [-0.2, 0) is 17.6 Å². The van der Waals surface area contributed by atoms with Crippen LogP contribution in [0.15, 0.2) is 23.8 Å². The number of fused-ring (bicyclic) bond motifs is 1. The average Bonchev–Trinajstić information content (AvgIpc) is 2.66. The Morgan fingerprint density at radius 1 is 1.24 bits per heavy atom. The fraction of sp³-hybridized carbons (Fsp3) is 0.500. The number of likely N-dealkylation sites (tertiary alicyclic amines) is 1. The number of hydrogen-bond donors (Lipinski definition) is 2. The molecule has 1 aromatic carbocycles. The van der Waals surface area contributed by atoms with Crippen molar-refractivity contribution in [1.82, 2.24) is 4.90 Å². The van der Waals surface area contributed by atoms with E-state index in [2.05, 4.69) is 24.0 Å². The Morgan fingerprint density at radius 3 is 2.48 bits per heavy atom. The number of carbonyl (C=O) groups excluding carboxylic acids is 1. The zero-order chi connectivity index (χ0) is 18.0. The number of nitrogens with zero attached hydrogens (tertiary/aromatic N) is 2. The Kier molecular flexibility index (Phi) is 4.94. The Hall–Kier alpha value is -2.16. The van der Waals surface area contributed by atoms with Crippen LogP contribution in [0.3, 0.4) is 0 Å². The smallest absolute Gasteiger partial charge is 0.179 e. The van der Waals surface area contributed by atoms with Crippen LogP contribution in [-0.4, -0.2) is 47.2 Å². The summed E-state index contributed by atoms with van der Waals surface area (Å²) in [6.45, 7) is 3.23. The lowest BCUT2D eigenvalue weighted by molar-refractivity contribution is -0.114. The number of benzene rings is 1. The van der Waals surface area contributed by atoms with Gasteiger partial charge in [-0.25, -0.2) is 0 Å². The van der Waals surface area contributed by atoms with Gasteiger partial charge in [0, 0.05) is 30.5 Å². The van der Waals surface area contributed by atoms with Crippen molar-refractivity contribution in [1.29, 1.82) is 5.26 Å². The quantitative estimate of drug-likeness (QED) is 0.871. The van der Waals surface area contributed by atoms with Gasteiger partial charge in [0.2, 0.25) is 0 Å². The summed E-state index contributed by atoms with van der Waals surface area (Å²) in [6.07, 6.45) is 2.45. The van der Waals surface area contributed by atoms with E-state index in [4.69, 9.17) is 0 Å². The van der Waals surface area contributed by atoms with Gasteiger partial charge in [-0.15, -0.1) is 0 Å². The van der Waals surface area contributed by atoms with Crippen molar-refractivity contribution in [2.75, 3.05) is 26.3 Å². The van der Waals surface area contributed by atoms with Crippen LogP contribution < -0.4 is 0 Å². The lowest BCUT2D eigenvalue weighted by atomic mass is 9.78. The zero-order valence-electron chi connectivity index (χ0n) is 14.6. The fourth-order valence-electron chi connectivity index (χ4n) is 3.76. The van der Waals surface area contributed by atoms with Gasteiger partial charge in [-0.1, -0.05) is 19.1 Å². The summed E-state index contributed by atoms with van der Waals surface area (Å²) in [4.78, 5) is 14.5. The second-order valence-electron chi connectivity index (χ2n) is 7.08. The van der Waals surface area contributed by atoms with Crippen molar-refractivity contribution in [2.45, 2.75) is 32.6 Å². The molecule has 5 nitrogen and oxygen atoms in total. The van der Waals surface area contributed by atoms with Crippen LogP contribution in [0.5, 0.6) is 0 Å². The molecule has 0 unspecified atom stereocenters. The van der Waals surface area contributed by atoms with Crippen LogP contribution >= 0.6 is 0 Å². The monoisotopic (exact) mass is 340 g/mol. The first-order valence-electron chi connectivity index (χ1n) is 8.84. The number of piperidine rings is 1. The van der Waals surface area contributed by atoms with E-state index < -0.39 is 5.41 Å². The molecule has 2 N–H and O–H groups in total. The lowest BCUT2D eigenvalue weighted by Crippen LogP contribution is -2.44. The van der Waals surface area contributed by atoms with Crippen LogP contribution in [0.1, 0.15) is 36.5 Å². The molecule has 0 aromatic heterocycles. The van der Waals surface area contributed by atoms with Crippen molar-refractivity contribution in [3.8, 4) is 6.07 Å². The third-order valence-electron chi connectivity index (χ3n) is 5.63. The van der Waals surface area contributed by atoms with E-state index in [1.807, 2.05) is 12.1 Å². The van der Waals surface area contributed by atoms with Gasteiger partial charge in [-0.2, -0.15) is 5.26 Å². The first-order valence-corrected chi connectivity index (χ1v) is 8.84. The molecular weight excluding hydrogens is 316 g/mol. The maximum Gasteiger partial charge on any atom is 0.179 e. The zero-order valence-corrected chi connectivity index (χ0v) is 14.6. The highest BCUT2D eigenvalue weighted by atomic mass is 16.3. The van der Waals surface area contributed by atoms with Gasteiger partial charge in [0.15, 0.2) is 5.78 Å². The molecule has 1 aliphatic carbocycles. The fourth-order valence-corrected chi connectivity index (χ4v) is 3.76. The number of ketones is 1. The van der Waals surface area contributed by atoms with Gasteiger partial charge in [0.05, 0.1) is 18.9 Å². The number of hydrogen-bond acceptors (Lipinski definition) is 5. The van der Waals surface area contributed by atoms with Crippen molar-refractivity contribution in [3.63, 3.8) is 0 Å². The van der Waals surface area contributed by atoms with Gasteiger partial charge in [0.25, 0.3) is 0 Å². The molecule has 1 fully saturated rings. The van der Waals surface area contributed by atoms with Crippen molar-refractivity contribution >= 4 is 11.5 Å². The number of Topliss-reactive ketones (excluding diaryl/α,β-unsaturated/α-hetero) is 1. The molecule has 1 heterocycles. The number of aliphatic hydroxyl groups is 2. The molecule has 5 heteroatoms. The van der Waals surface area contributed by atoms with E-state index in [0.29, 0.717) is 25.9 Å². The van der Waals surface area contributed by atoms with Crippen LogP contribution in [0.25, 0.3) is 5.70 Å². The minimum atomic E-state index is -0.462. The van der Waals surface area contributed by atoms with E-state index >= 15 is 0 Å². The molecule has 3 rings (SSSR count). The minimum Gasteiger partial charge on any atom is -0.396 e. The molecule has 1 saturated heterocycles. The maximum atomic E-state index is 12.4. The summed E-state index contributed by atoms with van der Waals surface area (Å²) in [5.74, 6) is -0.129. The summed E-state index contributed by atoms with van der Waals surface area (Å²) >= 11 is 0. The van der Waals surface area contributed by atoms with Gasteiger partial charge < -0.3 is 15.1 Å². The van der Waals surface area contributed by atoms with E-state index in [1.165, 1.54) is 5.56 Å². The van der Waals surface area contributed by atoms with Gasteiger partial charge >= 0.3 is 0 Å². The van der Waals surface area contributed by atoms with Gasteiger partial charge in [-0.05, 0) is 36.5 Å². The highest BCUT2D eigenvalue weighted by Gasteiger charge is 2.37. The Morgan fingerprint density at radius 2 is 1.92 bits per heavy atom. The molecule has 1 aliphatic heterocycles. The number of allylic oxidation sites excluding steroid dienone is 1.